The number of carbonyl (C=O) groups is 8. The van der Waals surface area contributed by atoms with Crippen LogP contribution in [-0.4, -0.2) is 187 Å². The molecule has 1 heterocycles. The van der Waals surface area contributed by atoms with Crippen molar-refractivity contribution >= 4 is 71.2 Å². The van der Waals surface area contributed by atoms with Crippen LogP contribution in [0.1, 0.15) is 55.2 Å². The molecule has 0 bridgehead atoms. The Morgan fingerprint density at radius 2 is 1.38 bits per heavy atom. The van der Waals surface area contributed by atoms with Crippen LogP contribution in [0.25, 0.3) is 0 Å². The molecule has 11 N–H and O–H groups in total. The fourth-order valence-electron chi connectivity index (χ4n) is 7.77. The Kier molecular flexibility index (Phi) is 25.7. The zero-order valence-electron chi connectivity index (χ0n) is 39.1. The van der Waals surface area contributed by atoms with Gasteiger partial charge in [0.1, 0.15) is 18.6 Å². The van der Waals surface area contributed by atoms with Crippen LogP contribution in [0.15, 0.2) is 48.5 Å². The molecular formula is C46H70N12O9S. The second kappa shape index (κ2) is 31.1. The van der Waals surface area contributed by atoms with Gasteiger partial charge in [-0.15, -0.1) is 0 Å². The average Bonchev–Trinajstić information content (AvgIpc) is 3.28. The van der Waals surface area contributed by atoms with Gasteiger partial charge in [0.2, 0.25) is 23.6 Å². The summed E-state index contributed by atoms with van der Waals surface area (Å²) in [5.41, 5.74) is 20.7. The minimum Gasteiger partial charge on any atom is -0.480 e. The molecule has 374 valence electrons. The zero-order valence-corrected chi connectivity index (χ0v) is 39.9. The number of urea groups is 1. The predicted molar refractivity (Wildman–Crippen MR) is 261 cm³/mol. The topological polar surface area (TPSA) is 299 Å². The monoisotopic (exact) mass is 967 g/mol. The Morgan fingerprint density at radius 1 is 0.765 bits per heavy atom. The Bertz CT molecular complexity index is 1960. The summed E-state index contributed by atoms with van der Waals surface area (Å²) in [7, 11) is 0. The number of carbonyl (C=O) groups excluding carboxylic acids is 7. The highest BCUT2D eigenvalue weighted by Crippen LogP contribution is 2.17. The molecule has 1 fully saturated rings. The molecule has 0 aromatic heterocycles. The van der Waals surface area contributed by atoms with Gasteiger partial charge >= 0.3 is 12.0 Å². The van der Waals surface area contributed by atoms with Crippen molar-refractivity contribution in [3.05, 3.63) is 65.2 Å². The molecular weight excluding hydrogens is 897 g/mol. The number of aliphatic carboxylic acids is 1. The first-order chi connectivity index (χ1) is 32.5. The van der Waals surface area contributed by atoms with Gasteiger partial charge in [0.05, 0.1) is 32.7 Å². The van der Waals surface area contributed by atoms with Gasteiger partial charge in [-0.05, 0) is 80.9 Å². The van der Waals surface area contributed by atoms with Crippen LogP contribution in [0.4, 0.5) is 10.5 Å². The van der Waals surface area contributed by atoms with Gasteiger partial charge in [-0.1, -0.05) is 42.0 Å². The number of carboxylic acid groups (broad SMARTS) is 1. The highest BCUT2D eigenvalue weighted by atomic mass is 32.1. The lowest BCUT2D eigenvalue weighted by Gasteiger charge is -2.38. The number of anilines is 1. The molecule has 1 aliphatic heterocycles. The highest BCUT2D eigenvalue weighted by Gasteiger charge is 2.27. The van der Waals surface area contributed by atoms with E-state index in [-0.39, 0.29) is 51.1 Å². The molecule has 0 saturated carbocycles. The third-order valence-corrected chi connectivity index (χ3v) is 11.6. The number of thiocarbonyl (C=S) groups is 1. The number of carboxylic acids is 1. The molecule has 0 aliphatic carbocycles. The maximum absolute atomic E-state index is 13.5. The molecule has 0 spiro atoms. The van der Waals surface area contributed by atoms with E-state index in [0.29, 0.717) is 115 Å². The van der Waals surface area contributed by atoms with Gasteiger partial charge in [0.15, 0.2) is 5.11 Å². The summed E-state index contributed by atoms with van der Waals surface area (Å²) in [5, 5.41) is 21.0. The SMILES string of the molecule is Cc1ccc(CN(CCCCC(NC(=O)NCC=O)C(=O)O)C(=O)CCCCNC(=S)Nc2ccc(CC3CN(CC(N)=O)CCN(CC(N)=O)CCN(CC=O)CCN3CC(N)=O)cc2)cc1. The molecule has 2 unspecified atom stereocenters. The van der Waals surface area contributed by atoms with Crippen molar-refractivity contribution in [3.8, 4) is 0 Å². The summed E-state index contributed by atoms with van der Waals surface area (Å²) < 4.78 is 0. The van der Waals surface area contributed by atoms with E-state index in [2.05, 4.69) is 21.3 Å². The van der Waals surface area contributed by atoms with Crippen molar-refractivity contribution in [3.63, 3.8) is 0 Å². The number of unbranched alkanes of at least 4 members (excludes halogenated alkanes) is 2. The number of hydrogen-bond donors (Lipinski definition) is 8. The number of hydrogen-bond acceptors (Lipinski definition) is 13. The van der Waals surface area contributed by atoms with Gasteiger partial charge in [0, 0.05) is 83.6 Å². The van der Waals surface area contributed by atoms with Crippen LogP contribution in [-0.2, 0) is 46.5 Å². The second-order valence-corrected chi connectivity index (χ2v) is 17.4. The maximum atomic E-state index is 13.5. The number of amides is 6. The molecule has 2 atom stereocenters. The lowest BCUT2D eigenvalue weighted by molar-refractivity contribution is -0.139. The molecule has 0 radical (unpaired) electrons. The van der Waals surface area contributed by atoms with E-state index >= 15 is 0 Å². The van der Waals surface area contributed by atoms with Crippen molar-refractivity contribution in [1.29, 1.82) is 0 Å². The van der Waals surface area contributed by atoms with Gasteiger partial charge < -0.3 is 58.1 Å². The molecule has 1 aliphatic rings. The van der Waals surface area contributed by atoms with E-state index in [4.69, 9.17) is 29.4 Å². The number of aldehydes is 2. The number of rotatable bonds is 27. The quantitative estimate of drug-likeness (QED) is 0.0315. The molecule has 2 aromatic rings. The van der Waals surface area contributed by atoms with Crippen LogP contribution in [0.3, 0.4) is 0 Å². The summed E-state index contributed by atoms with van der Waals surface area (Å²) in [6.07, 6.45) is 4.48. The predicted octanol–water partition coefficient (Wildman–Crippen LogP) is -0.610. The first kappa shape index (κ1) is 56.3. The van der Waals surface area contributed by atoms with Crippen LogP contribution in [0.2, 0.25) is 0 Å². The van der Waals surface area contributed by atoms with Crippen molar-refractivity contribution in [1.82, 2.24) is 40.4 Å². The summed E-state index contributed by atoms with van der Waals surface area (Å²) in [4.78, 5) is 105. The zero-order chi connectivity index (χ0) is 49.8. The number of aryl methyl sites for hydroxylation is 1. The molecule has 1 saturated heterocycles. The summed E-state index contributed by atoms with van der Waals surface area (Å²) in [6, 6.07) is 13.4. The van der Waals surface area contributed by atoms with Crippen LogP contribution in [0.5, 0.6) is 0 Å². The summed E-state index contributed by atoms with van der Waals surface area (Å²) in [6.45, 7) is 6.17. The van der Waals surface area contributed by atoms with E-state index in [9.17, 15) is 43.5 Å². The van der Waals surface area contributed by atoms with E-state index in [1.165, 1.54) is 0 Å². The first-order valence-corrected chi connectivity index (χ1v) is 23.3. The normalized spacial score (nSPS) is 15.9. The van der Waals surface area contributed by atoms with Crippen LogP contribution < -0.4 is 38.5 Å². The minimum atomic E-state index is -1.19. The highest BCUT2D eigenvalue weighted by molar-refractivity contribution is 7.80. The van der Waals surface area contributed by atoms with Gasteiger partial charge in [-0.25, -0.2) is 9.59 Å². The third kappa shape index (κ3) is 23.1. The molecule has 6 amide bonds. The second-order valence-electron chi connectivity index (χ2n) is 16.9. The fraction of sp³-hybridized carbons (Fsp3) is 0.543. The standard InChI is InChI=1S/C46H70N12O9S/c1-34-8-10-36(11-9-34)29-58(18-5-3-6-39(44(65)66)53-45(67)50-17-26-59)43(64)7-2-4-16-51-46(68)52-37-14-12-35(13-15-37)28-38-30-56(32-41(48)62)22-21-55(31-40(47)61)20-19-54(25-27-60)23-24-57(38)33-42(49)63/h8-15,26-27,38-39H,2-7,16-25,28-33H2,1H3,(H2,47,61)(H2,48,62)(H2,49,63)(H,65,66)(H2,50,53,67)(H2,51,52,68). The van der Waals surface area contributed by atoms with E-state index in [1.54, 1.807) is 4.90 Å². The largest absolute Gasteiger partial charge is 0.480 e. The van der Waals surface area contributed by atoms with Gasteiger partial charge in [-0.3, -0.25) is 38.8 Å². The number of nitrogens with two attached hydrogens (primary N) is 3. The van der Waals surface area contributed by atoms with Gasteiger partial charge in [-0.2, -0.15) is 0 Å². The van der Waals surface area contributed by atoms with Crippen molar-refractivity contribution in [2.75, 3.05) is 96.9 Å². The van der Waals surface area contributed by atoms with E-state index in [1.807, 2.05) is 75.1 Å². The van der Waals surface area contributed by atoms with E-state index < -0.39 is 35.8 Å². The number of nitrogens with one attached hydrogen (secondary N) is 4. The lowest BCUT2D eigenvalue weighted by Crippen LogP contribution is -2.54. The van der Waals surface area contributed by atoms with Crippen LogP contribution in [0, 0.1) is 6.92 Å². The molecule has 68 heavy (non-hydrogen) atoms. The fourth-order valence-corrected chi connectivity index (χ4v) is 7.99. The Morgan fingerprint density at radius 3 is 2.01 bits per heavy atom. The molecule has 21 nitrogen and oxygen atoms in total. The molecule has 22 heteroatoms. The number of nitrogens with zero attached hydrogens (tertiary/aromatic N) is 5. The molecule has 3 rings (SSSR count). The summed E-state index contributed by atoms with van der Waals surface area (Å²) >= 11 is 5.57. The lowest BCUT2D eigenvalue weighted by atomic mass is 10.0. The number of benzene rings is 2. The number of primary amides is 3. The van der Waals surface area contributed by atoms with Crippen molar-refractivity contribution in [2.45, 2.75) is 70.5 Å². The first-order valence-electron chi connectivity index (χ1n) is 22.9. The van der Waals surface area contributed by atoms with Gasteiger partial charge in [0.25, 0.3) is 0 Å². The maximum Gasteiger partial charge on any atom is 0.326 e. The van der Waals surface area contributed by atoms with Crippen molar-refractivity contribution < 1.29 is 43.5 Å². The Hall–Kier alpha value is -6.07. The summed E-state index contributed by atoms with van der Waals surface area (Å²) in [5.74, 6) is -2.74. The van der Waals surface area contributed by atoms with E-state index in [0.717, 1.165) is 28.7 Å². The minimum absolute atomic E-state index is 0.0188. The Balaban J connectivity index is 1.58. The average molecular weight is 967 g/mol. The molecule has 2 aromatic carbocycles. The third-order valence-electron chi connectivity index (χ3n) is 11.4. The smallest absolute Gasteiger partial charge is 0.326 e. The van der Waals surface area contributed by atoms with Crippen LogP contribution >= 0.6 is 12.2 Å². The Labute approximate surface area is 403 Å². The van der Waals surface area contributed by atoms with Crippen molar-refractivity contribution in [2.24, 2.45) is 17.2 Å².